The molecule has 0 saturated carbocycles. The molecule has 1 aliphatic rings. The van der Waals surface area contributed by atoms with E-state index in [-0.39, 0.29) is 16.9 Å². The summed E-state index contributed by atoms with van der Waals surface area (Å²) in [5.74, 6) is -1.22. The second-order valence-corrected chi connectivity index (χ2v) is 5.66. The van der Waals surface area contributed by atoms with Crippen molar-refractivity contribution in [1.82, 2.24) is 9.88 Å². The lowest BCUT2D eigenvalue weighted by Gasteiger charge is -2.21. The molecule has 3 rings (SSSR count). The number of aromatic nitrogens is 1. The minimum Gasteiger partial charge on any atom is -0.384 e. The van der Waals surface area contributed by atoms with Gasteiger partial charge in [-0.2, -0.15) is 0 Å². The summed E-state index contributed by atoms with van der Waals surface area (Å²) < 4.78 is 1.26. The molecule has 1 aromatic carbocycles. The second kappa shape index (κ2) is 4.98. The number of nitrogens with two attached hydrogens (primary N) is 1. The van der Waals surface area contributed by atoms with Gasteiger partial charge in [0.1, 0.15) is 5.82 Å². The van der Waals surface area contributed by atoms with Crippen LogP contribution in [0, 0.1) is 6.92 Å². The molecular formula is C16H16N4O3. The van der Waals surface area contributed by atoms with Crippen molar-refractivity contribution >= 4 is 23.3 Å². The fourth-order valence-corrected chi connectivity index (χ4v) is 2.72. The van der Waals surface area contributed by atoms with Gasteiger partial charge in [-0.05, 0) is 24.6 Å². The summed E-state index contributed by atoms with van der Waals surface area (Å²) in [6, 6.07) is 6.75. The van der Waals surface area contributed by atoms with E-state index in [0.717, 1.165) is 17.3 Å². The number of pyridine rings is 1. The average Bonchev–Trinajstić information content (AvgIpc) is 2.73. The molecule has 2 heterocycles. The Labute approximate surface area is 132 Å². The zero-order chi connectivity index (χ0) is 16.9. The number of nitrogens with zero attached hydrogens (tertiary/aromatic N) is 2. The highest BCUT2D eigenvalue weighted by molar-refractivity contribution is 6.23. The number of imide groups is 1. The number of nitrogen functional groups attached to an aromatic ring is 1. The van der Waals surface area contributed by atoms with Crippen LogP contribution in [0.1, 0.15) is 26.3 Å². The molecule has 0 fully saturated rings. The van der Waals surface area contributed by atoms with Crippen LogP contribution < -0.4 is 21.5 Å². The molecule has 0 aliphatic carbocycles. The van der Waals surface area contributed by atoms with Crippen LogP contribution in [0.5, 0.6) is 0 Å². The van der Waals surface area contributed by atoms with Crippen molar-refractivity contribution in [2.24, 2.45) is 0 Å². The van der Waals surface area contributed by atoms with Gasteiger partial charge in [0.2, 0.25) is 0 Å². The van der Waals surface area contributed by atoms with Crippen molar-refractivity contribution in [1.29, 1.82) is 0 Å². The molecule has 0 saturated heterocycles. The number of hydrogen-bond donors (Lipinski definition) is 2. The van der Waals surface area contributed by atoms with Crippen molar-refractivity contribution in [2.45, 2.75) is 6.92 Å². The highest BCUT2D eigenvalue weighted by atomic mass is 16.2. The van der Waals surface area contributed by atoms with Crippen molar-refractivity contribution in [3.63, 3.8) is 0 Å². The summed E-state index contributed by atoms with van der Waals surface area (Å²) >= 11 is 0. The van der Waals surface area contributed by atoms with E-state index in [0.29, 0.717) is 5.69 Å². The molecule has 0 unspecified atom stereocenters. The van der Waals surface area contributed by atoms with Crippen LogP contribution in [0.3, 0.4) is 0 Å². The van der Waals surface area contributed by atoms with Crippen LogP contribution in [0.4, 0.5) is 11.5 Å². The Bertz CT molecular complexity index is 912. The Balaban J connectivity index is 2.38. The predicted octanol–water partition coefficient (Wildman–Crippen LogP) is 0.678. The van der Waals surface area contributed by atoms with E-state index in [2.05, 4.69) is 5.32 Å². The smallest absolute Gasteiger partial charge is 0.262 e. The molecule has 0 bridgehead atoms. The molecule has 0 radical (unpaired) electrons. The number of carbonyl (C=O) groups excluding carboxylic acids is 2. The molecular weight excluding hydrogens is 296 g/mol. The zero-order valence-electron chi connectivity index (χ0n) is 13.0. The summed E-state index contributed by atoms with van der Waals surface area (Å²) in [6.07, 6.45) is 0. The maximum atomic E-state index is 12.5. The number of benzene rings is 1. The first-order valence-corrected chi connectivity index (χ1v) is 7.01. The summed E-state index contributed by atoms with van der Waals surface area (Å²) in [7, 11) is 3.69. The standard InChI is InChI=1S/C16H16N4O3/c1-8-4-5-10(19(2)3)11(6-8)20-12(21)7-9-13(14(20)17)16(23)18-15(9)22/h4-7H,17H2,1-3H3,(H,18,22,23). The van der Waals surface area contributed by atoms with Gasteiger partial charge in [0.25, 0.3) is 17.4 Å². The summed E-state index contributed by atoms with van der Waals surface area (Å²) in [5.41, 5.74) is 7.95. The normalized spacial score (nSPS) is 13.0. The van der Waals surface area contributed by atoms with Crippen molar-refractivity contribution in [3.8, 4) is 5.69 Å². The van der Waals surface area contributed by atoms with Crippen LogP contribution >= 0.6 is 0 Å². The van der Waals surface area contributed by atoms with Gasteiger partial charge in [-0.3, -0.25) is 24.3 Å². The molecule has 7 nitrogen and oxygen atoms in total. The minimum atomic E-state index is -0.599. The topological polar surface area (TPSA) is 97.4 Å². The van der Waals surface area contributed by atoms with E-state index in [1.54, 1.807) is 0 Å². The number of hydrogen-bond acceptors (Lipinski definition) is 5. The van der Waals surface area contributed by atoms with Crippen molar-refractivity contribution < 1.29 is 9.59 Å². The molecule has 3 N–H and O–H groups in total. The van der Waals surface area contributed by atoms with Crippen LogP contribution in [0.15, 0.2) is 29.1 Å². The molecule has 23 heavy (non-hydrogen) atoms. The summed E-state index contributed by atoms with van der Waals surface area (Å²) in [4.78, 5) is 38.0. The highest BCUT2D eigenvalue weighted by Gasteiger charge is 2.32. The van der Waals surface area contributed by atoms with Gasteiger partial charge in [-0.25, -0.2) is 0 Å². The van der Waals surface area contributed by atoms with Crippen molar-refractivity contribution in [3.05, 3.63) is 51.3 Å². The van der Waals surface area contributed by atoms with Gasteiger partial charge in [-0.15, -0.1) is 0 Å². The number of amides is 2. The maximum absolute atomic E-state index is 12.5. The van der Waals surface area contributed by atoms with E-state index in [1.165, 1.54) is 4.57 Å². The molecule has 118 valence electrons. The largest absolute Gasteiger partial charge is 0.384 e. The molecule has 2 aromatic rings. The van der Waals surface area contributed by atoms with Gasteiger partial charge in [0.15, 0.2) is 0 Å². The third-order valence-corrected chi connectivity index (χ3v) is 3.81. The Kier molecular flexibility index (Phi) is 3.21. The first-order valence-electron chi connectivity index (χ1n) is 7.01. The number of rotatable bonds is 2. The van der Waals surface area contributed by atoms with Crippen LogP contribution in [-0.4, -0.2) is 30.5 Å². The maximum Gasteiger partial charge on any atom is 0.262 e. The lowest BCUT2D eigenvalue weighted by Crippen LogP contribution is -2.26. The Morgan fingerprint density at radius 2 is 1.78 bits per heavy atom. The van der Waals surface area contributed by atoms with E-state index in [1.807, 2.05) is 44.1 Å². The first-order chi connectivity index (χ1) is 10.8. The molecule has 0 spiro atoms. The number of fused-ring (bicyclic) bond motifs is 1. The quantitative estimate of drug-likeness (QED) is 0.795. The van der Waals surface area contributed by atoms with Crippen LogP contribution in [0.2, 0.25) is 0 Å². The van der Waals surface area contributed by atoms with E-state index >= 15 is 0 Å². The predicted molar refractivity (Wildman–Crippen MR) is 87.3 cm³/mol. The molecule has 7 heteroatoms. The van der Waals surface area contributed by atoms with Gasteiger partial charge < -0.3 is 10.6 Å². The second-order valence-electron chi connectivity index (χ2n) is 5.66. The fourth-order valence-electron chi connectivity index (χ4n) is 2.72. The van der Waals surface area contributed by atoms with Crippen LogP contribution in [-0.2, 0) is 0 Å². The third-order valence-electron chi connectivity index (χ3n) is 3.81. The average molecular weight is 312 g/mol. The third kappa shape index (κ3) is 2.17. The monoisotopic (exact) mass is 312 g/mol. The molecule has 1 aromatic heterocycles. The summed E-state index contributed by atoms with van der Waals surface area (Å²) in [6.45, 7) is 1.90. The number of carbonyl (C=O) groups is 2. The lowest BCUT2D eigenvalue weighted by molar-refractivity contribution is 0.0880. The lowest BCUT2D eigenvalue weighted by atomic mass is 10.1. The molecule has 0 atom stereocenters. The van der Waals surface area contributed by atoms with Crippen LogP contribution in [0.25, 0.3) is 5.69 Å². The minimum absolute atomic E-state index is 0.0211. The van der Waals surface area contributed by atoms with E-state index < -0.39 is 17.4 Å². The van der Waals surface area contributed by atoms with Gasteiger partial charge in [-0.1, -0.05) is 6.07 Å². The number of anilines is 2. The Morgan fingerprint density at radius 1 is 1.09 bits per heavy atom. The number of aryl methyl sites for hydroxylation is 1. The van der Waals surface area contributed by atoms with E-state index in [4.69, 9.17) is 5.73 Å². The van der Waals surface area contributed by atoms with Crippen molar-refractivity contribution in [2.75, 3.05) is 24.7 Å². The van der Waals surface area contributed by atoms with Gasteiger partial charge >= 0.3 is 0 Å². The van der Waals surface area contributed by atoms with E-state index in [9.17, 15) is 14.4 Å². The SMILES string of the molecule is Cc1ccc(N(C)C)c(-n2c(N)c3c(cc2=O)C(=O)NC3=O)c1. The first kappa shape index (κ1) is 14.8. The molecule has 1 aliphatic heterocycles. The van der Waals surface area contributed by atoms with Gasteiger partial charge in [0.05, 0.1) is 22.5 Å². The van der Waals surface area contributed by atoms with Gasteiger partial charge in [0, 0.05) is 20.2 Å². The Hall–Kier alpha value is -3.09. The fraction of sp³-hybridized carbons (Fsp3) is 0.188. The summed E-state index contributed by atoms with van der Waals surface area (Å²) in [5, 5.41) is 2.16. The Morgan fingerprint density at radius 3 is 2.43 bits per heavy atom. The number of nitrogens with one attached hydrogen (secondary N) is 1. The highest BCUT2D eigenvalue weighted by Crippen LogP contribution is 2.28. The zero-order valence-corrected chi connectivity index (χ0v) is 13.0. The molecule has 2 amide bonds.